The third-order valence-corrected chi connectivity index (χ3v) is 10.1. The van der Waals surface area contributed by atoms with Crippen LogP contribution in [-0.4, -0.2) is 61.9 Å². The van der Waals surface area contributed by atoms with E-state index >= 15 is 0 Å². The Morgan fingerprint density at radius 2 is 1.46 bits per heavy atom. The summed E-state index contributed by atoms with van der Waals surface area (Å²) < 4.78 is 11.8. The number of aromatic nitrogens is 1. The summed E-state index contributed by atoms with van der Waals surface area (Å²) in [6.07, 6.45) is 3.39. The highest BCUT2D eigenvalue weighted by Gasteiger charge is 2.27. The summed E-state index contributed by atoms with van der Waals surface area (Å²) in [5.41, 5.74) is 3.25. The van der Waals surface area contributed by atoms with Gasteiger partial charge in [0.2, 0.25) is 4.38 Å². The number of hydrogen-bond acceptors (Lipinski definition) is 10. The fourth-order valence-corrected chi connectivity index (χ4v) is 6.76. The minimum Gasteiger partial charge on any atom is -0.479 e. The SMILES string of the molecule is CCOC(=S)SCc1ccccc1.COC(=O)C(C)SC(=S)N(C)c1ccncc1.[C-]#[N+]C(C)(C)SC(=S)N(C)c1ccccc1. The Balaban J connectivity index is 0.000000348. The van der Waals surface area contributed by atoms with Crippen molar-refractivity contribution in [3.05, 3.63) is 102 Å². The van der Waals surface area contributed by atoms with Gasteiger partial charge in [-0.05, 0) is 67.7 Å². The van der Waals surface area contributed by atoms with Crippen LogP contribution in [0, 0.1) is 6.57 Å². The molecule has 0 spiro atoms. The summed E-state index contributed by atoms with van der Waals surface area (Å²) >= 11 is 19.8. The first kappa shape index (κ1) is 41.3. The minimum atomic E-state index is -0.500. The van der Waals surface area contributed by atoms with Gasteiger partial charge in [-0.15, -0.1) is 0 Å². The summed E-state index contributed by atoms with van der Waals surface area (Å²) in [5, 5.41) is -0.309. The number of nitrogens with zero attached hydrogens (tertiary/aromatic N) is 4. The second-order valence-electron chi connectivity index (χ2n) is 9.59. The topological polar surface area (TPSA) is 59.3 Å². The average Bonchev–Trinajstić information content (AvgIpc) is 3.08. The molecule has 1 aromatic heterocycles. The molecule has 0 aliphatic heterocycles. The molecule has 2 aromatic carbocycles. The Hall–Kier alpha value is -2.73. The number of hydrogen-bond donors (Lipinski definition) is 0. The van der Waals surface area contributed by atoms with Crippen molar-refractivity contribution >= 4 is 102 Å². The summed E-state index contributed by atoms with van der Waals surface area (Å²) in [6, 6.07) is 23.9. The van der Waals surface area contributed by atoms with E-state index in [0.717, 1.165) is 17.1 Å². The number of carbonyl (C=O) groups is 1. The van der Waals surface area contributed by atoms with Gasteiger partial charge in [0.15, 0.2) is 0 Å². The van der Waals surface area contributed by atoms with Crippen molar-refractivity contribution in [2.24, 2.45) is 0 Å². The van der Waals surface area contributed by atoms with E-state index in [1.54, 1.807) is 31.1 Å². The van der Waals surface area contributed by atoms with Crippen LogP contribution in [-0.2, 0) is 20.0 Å². The number of ether oxygens (including phenoxy) is 2. The van der Waals surface area contributed by atoms with Gasteiger partial charge in [0.25, 0.3) is 4.87 Å². The van der Waals surface area contributed by atoms with E-state index in [1.165, 1.54) is 36.2 Å². The van der Waals surface area contributed by atoms with Crippen LogP contribution in [0.2, 0.25) is 0 Å². The fourth-order valence-electron chi connectivity index (χ4n) is 3.06. The lowest BCUT2D eigenvalue weighted by Crippen LogP contribution is -2.26. The zero-order valence-electron chi connectivity index (χ0n) is 27.0. The van der Waals surface area contributed by atoms with Crippen molar-refractivity contribution < 1.29 is 14.3 Å². The van der Waals surface area contributed by atoms with E-state index in [2.05, 4.69) is 26.7 Å². The Morgan fingerprint density at radius 1 is 0.935 bits per heavy atom. The summed E-state index contributed by atoms with van der Waals surface area (Å²) in [4.78, 5) is 22.0. The van der Waals surface area contributed by atoms with Crippen LogP contribution < -0.4 is 9.80 Å². The number of thioether (sulfide) groups is 3. The number of pyridine rings is 1. The summed E-state index contributed by atoms with van der Waals surface area (Å²) in [5.74, 6) is 0.611. The summed E-state index contributed by atoms with van der Waals surface area (Å²) in [7, 11) is 5.15. The smallest absolute Gasteiger partial charge is 0.318 e. The number of para-hydroxylation sites is 1. The van der Waals surface area contributed by atoms with Gasteiger partial charge in [-0.3, -0.25) is 14.6 Å². The van der Waals surface area contributed by atoms with Gasteiger partial charge in [0.05, 0.1) is 13.7 Å². The molecule has 0 aliphatic rings. The molecule has 0 saturated heterocycles. The molecule has 0 saturated carbocycles. The number of benzene rings is 2. The normalized spacial score (nSPS) is 10.7. The number of rotatable bonds is 8. The highest BCUT2D eigenvalue weighted by Crippen LogP contribution is 2.30. The standard InChI is InChI=1S/C12H14N2S2.C11H14N2O2S2.C10H12OS2/c1-12(2,13-3)16-11(15)14(4)10-8-6-5-7-9-10;1-8(10(14)15-3)17-11(16)13(2)9-4-6-12-7-5-9;1-2-11-10(12)13-8-9-6-4-3-5-7-9/h5-9H,1-2,4H3;4-8H,1-3H3;3-7H,2,8H2,1H3. The molecule has 0 bridgehead atoms. The lowest BCUT2D eigenvalue weighted by molar-refractivity contribution is -0.139. The maximum absolute atomic E-state index is 11.3. The maximum Gasteiger partial charge on any atom is 0.318 e. The third kappa shape index (κ3) is 16.7. The fraction of sp³-hybridized carbons (Fsp3) is 0.333. The van der Waals surface area contributed by atoms with Crippen molar-refractivity contribution in [1.29, 1.82) is 0 Å². The number of carbonyl (C=O) groups excluding carboxylic acids is 1. The first-order chi connectivity index (χ1) is 21.8. The molecule has 7 nitrogen and oxygen atoms in total. The van der Waals surface area contributed by atoms with Crippen molar-refractivity contribution in [3.8, 4) is 0 Å². The summed E-state index contributed by atoms with van der Waals surface area (Å²) in [6.45, 7) is 15.2. The van der Waals surface area contributed by atoms with E-state index < -0.39 is 4.87 Å². The van der Waals surface area contributed by atoms with Gasteiger partial charge < -0.3 is 19.3 Å². The molecular formula is C33H40N4O3S6. The largest absolute Gasteiger partial charge is 0.479 e. The lowest BCUT2D eigenvalue weighted by atomic mass is 10.2. The Kier molecular flexibility index (Phi) is 20.4. The van der Waals surface area contributed by atoms with Gasteiger partial charge in [0, 0.05) is 57.5 Å². The molecule has 0 N–H and O–H groups in total. The predicted molar refractivity (Wildman–Crippen MR) is 212 cm³/mol. The average molecular weight is 733 g/mol. The predicted octanol–water partition coefficient (Wildman–Crippen LogP) is 9.13. The maximum atomic E-state index is 11.3. The quantitative estimate of drug-likeness (QED) is 0.126. The molecule has 0 radical (unpaired) electrons. The van der Waals surface area contributed by atoms with E-state index in [1.807, 2.05) is 105 Å². The second kappa shape index (κ2) is 22.7. The Bertz CT molecular complexity index is 1410. The molecule has 0 fully saturated rings. The number of thiocarbonyl (C=S) groups is 3. The second-order valence-corrected chi connectivity index (χ2v) is 15.4. The first-order valence-corrected chi connectivity index (χ1v) is 17.9. The molecule has 1 atom stereocenters. The highest BCUT2D eigenvalue weighted by molar-refractivity contribution is 8.24. The monoisotopic (exact) mass is 732 g/mol. The van der Waals surface area contributed by atoms with Crippen LogP contribution >= 0.6 is 71.9 Å². The third-order valence-electron chi connectivity index (χ3n) is 5.62. The van der Waals surface area contributed by atoms with Crippen molar-refractivity contribution in [3.63, 3.8) is 0 Å². The molecule has 1 unspecified atom stereocenters. The molecule has 3 aromatic rings. The number of esters is 1. The van der Waals surface area contributed by atoms with Crippen LogP contribution in [0.25, 0.3) is 4.85 Å². The first-order valence-electron chi connectivity index (χ1n) is 14.0. The molecule has 0 aliphatic carbocycles. The van der Waals surface area contributed by atoms with Crippen LogP contribution in [0.1, 0.15) is 33.3 Å². The zero-order valence-corrected chi connectivity index (χ0v) is 31.9. The van der Waals surface area contributed by atoms with Gasteiger partial charge in [-0.2, -0.15) is 0 Å². The molecule has 0 amide bonds. The van der Waals surface area contributed by atoms with Gasteiger partial charge >= 0.3 is 5.97 Å². The van der Waals surface area contributed by atoms with E-state index in [0.29, 0.717) is 19.6 Å². The van der Waals surface area contributed by atoms with E-state index in [-0.39, 0.29) is 11.2 Å². The molecule has 13 heteroatoms. The van der Waals surface area contributed by atoms with Gasteiger partial charge in [-0.25, -0.2) is 6.57 Å². The van der Waals surface area contributed by atoms with Crippen molar-refractivity contribution in [2.75, 3.05) is 37.6 Å². The molecular weight excluding hydrogens is 693 g/mol. The van der Waals surface area contributed by atoms with Gasteiger partial charge in [-0.1, -0.05) is 96.5 Å². The molecule has 3 rings (SSSR count). The van der Waals surface area contributed by atoms with Crippen LogP contribution in [0.4, 0.5) is 11.4 Å². The Labute approximate surface area is 303 Å². The Morgan fingerprint density at radius 3 is 1.98 bits per heavy atom. The zero-order chi connectivity index (χ0) is 34.5. The molecule has 1 heterocycles. The lowest BCUT2D eigenvalue weighted by Gasteiger charge is -2.21. The molecule has 46 heavy (non-hydrogen) atoms. The van der Waals surface area contributed by atoms with Crippen LogP contribution in [0.15, 0.2) is 85.2 Å². The van der Waals surface area contributed by atoms with Gasteiger partial charge in [0.1, 0.15) is 13.9 Å². The highest BCUT2D eigenvalue weighted by atomic mass is 32.2. The van der Waals surface area contributed by atoms with Crippen LogP contribution in [0.3, 0.4) is 0 Å². The number of anilines is 2. The van der Waals surface area contributed by atoms with Crippen molar-refractivity contribution in [2.45, 2.75) is 43.6 Å². The number of methoxy groups -OCH3 is 1. The van der Waals surface area contributed by atoms with Crippen molar-refractivity contribution in [1.82, 2.24) is 4.98 Å². The minimum absolute atomic E-state index is 0.277. The van der Waals surface area contributed by atoms with E-state index in [4.69, 9.17) is 48.0 Å². The molecule has 246 valence electrons. The van der Waals surface area contributed by atoms with E-state index in [9.17, 15) is 4.79 Å². The van der Waals surface area contributed by atoms with Crippen LogP contribution in [0.5, 0.6) is 0 Å².